The molecule has 1 spiro atoms. The van der Waals surface area contributed by atoms with Crippen molar-refractivity contribution in [2.75, 3.05) is 18.0 Å². The minimum atomic E-state index is -1.40. The Balaban J connectivity index is 1.75. The van der Waals surface area contributed by atoms with Gasteiger partial charge in [-0.2, -0.15) is 0 Å². The molecule has 3 fully saturated rings. The van der Waals surface area contributed by atoms with E-state index in [0.29, 0.717) is 29.9 Å². The van der Waals surface area contributed by atoms with Crippen LogP contribution in [0.3, 0.4) is 0 Å². The Morgan fingerprint density at radius 2 is 2.07 bits per heavy atom. The molecule has 3 N–H and O–H groups in total. The van der Waals surface area contributed by atoms with Crippen LogP contribution in [-0.2, 0) is 0 Å². The smallest absolute Gasteiger partial charge is 0.341 e. The number of fused-ring (bicyclic) bond motifs is 1. The molecule has 1 aliphatic heterocycles. The summed E-state index contributed by atoms with van der Waals surface area (Å²) in [6, 6.07) is 0.535. The summed E-state index contributed by atoms with van der Waals surface area (Å²) in [6.07, 6.45) is 2.40. The number of rotatable bonds is 3. The van der Waals surface area contributed by atoms with Gasteiger partial charge in [-0.05, 0) is 31.4 Å². The number of nitrogens with zero attached hydrogens (tertiary/aromatic N) is 2. The Kier molecular flexibility index (Phi) is 3.48. The highest BCUT2D eigenvalue weighted by atomic mass is 19.1. The maximum Gasteiger partial charge on any atom is 0.341 e. The lowest BCUT2D eigenvalue weighted by molar-refractivity contribution is 0.0694. The number of carboxylic acids is 1. The molecule has 3 atom stereocenters. The van der Waals surface area contributed by atoms with E-state index < -0.39 is 35.0 Å². The molecule has 1 saturated heterocycles. The molecule has 6 nitrogen and oxygen atoms in total. The molecule has 1 unspecified atom stereocenters. The van der Waals surface area contributed by atoms with E-state index in [1.165, 1.54) is 10.8 Å². The van der Waals surface area contributed by atoms with Crippen LogP contribution in [0.4, 0.5) is 14.5 Å². The predicted octanol–water partition coefficient (Wildman–Crippen LogP) is 2.36. The standard InChI is InChI=1S/C20H21F2N3O3/c1-9-16-10(18(26)11(19(27)28)6-25(16)14-5-12(14)21)4-13(22)17(9)24-7-15(23)20(8-24)2-3-20/h4,6,12,14-15H,2-3,5,7-8,23H2,1H3,(H,27,28)/t12?,14-,15-/m1/s1. The third-order valence-electron chi connectivity index (χ3n) is 6.67. The second-order valence-electron chi connectivity index (χ2n) is 8.48. The van der Waals surface area contributed by atoms with Gasteiger partial charge >= 0.3 is 5.97 Å². The van der Waals surface area contributed by atoms with Gasteiger partial charge in [-0.15, -0.1) is 0 Å². The number of carbonyl (C=O) groups is 1. The molecule has 1 aromatic heterocycles. The van der Waals surface area contributed by atoms with E-state index in [-0.39, 0.29) is 23.3 Å². The average molecular weight is 389 g/mol. The number of pyridine rings is 1. The molecule has 3 aliphatic rings. The van der Waals surface area contributed by atoms with Gasteiger partial charge in [0.05, 0.1) is 17.2 Å². The van der Waals surface area contributed by atoms with Crippen LogP contribution in [0.15, 0.2) is 17.1 Å². The Bertz CT molecular complexity index is 1090. The number of nitrogens with two attached hydrogens (primary N) is 1. The third-order valence-corrected chi connectivity index (χ3v) is 6.67. The minimum absolute atomic E-state index is 0.0256. The number of carboxylic acid groups (broad SMARTS) is 1. The molecule has 0 amide bonds. The molecule has 148 valence electrons. The van der Waals surface area contributed by atoms with Crippen molar-refractivity contribution in [3.63, 3.8) is 0 Å². The zero-order valence-electron chi connectivity index (χ0n) is 15.4. The van der Waals surface area contributed by atoms with E-state index in [1.807, 2.05) is 4.90 Å². The average Bonchev–Trinajstić information content (AvgIpc) is 3.51. The number of alkyl halides is 1. The first kappa shape index (κ1) is 17.6. The molecular formula is C20H21F2N3O3. The number of benzene rings is 1. The van der Waals surface area contributed by atoms with Crippen LogP contribution in [0.1, 0.15) is 41.2 Å². The van der Waals surface area contributed by atoms with Crippen LogP contribution in [-0.4, -0.2) is 40.9 Å². The molecule has 5 rings (SSSR count). The van der Waals surface area contributed by atoms with E-state index in [1.54, 1.807) is 6.92 Å². The Morgan fingerprint density at radius 3 is 2.61 bits per heavy atom. The molecule has 2 aliphatic carbocycles. The molecule has 0 bridgehead atoms. The first-order valence-electron chi connectivity index (χ1n) is 9.49. The van der Waals surface area contributed by atoms with E-state index in [4.69, 9.17) is 5.73 Å². The normalized spacial score (nSPS) is 27.6. The summed E-state index contributed by atoms with van der Waals surface area (Å²) in [5.41, 5.74) is 6.38. The second-order valence-corrected chi connectivity index (χ2v) is 8.48. The highest BCUT2D eigenvalue weighted by Gasteiger charge is 2.54. The van der Waals surface area contributed by atoms with Gasteiger partial charge in [0, 0.05) is 42.6 Å². The Morgan fingerprint density at radius 1 is 1.39 bits per heavy atom. The van der Waals surface area contributed by atoms with Crippen molar-refractivity contribution in [2.45, 2.75) is 44.4 Å². The fourth-order valence-corrected chi connectivity index (χ4v) is 4.76. The lowest BCUT2D eigenvalue weighted by Gasteiger charge is -2.24. The summed E-state index contributed by atoms with van der Waals surface area (Å²) in [6.45, 7) is 2.88. The van der Waals surface area contributed by atoms with E-state index in [2.05, 4.69) is 0 Å². The maximum absolute atomic E-state index is 15.1. The monoisotopic (exact) mass is 389 g/mol. The quantitative estimate of drug-likeness (QED) is 0.841. The molecular weight excluding hydrogens is 368 g/mol. The fourth-order valence-electron chi connectivity index (χ4n) is 4.76. The van der Waals surface area contributed by atoms with Crippen LogP contribution < -0.4 is 16.1 Å². The van der Waals surface area contributed by atoms with E-state index in [9.17, 15) is 19.1 Å². The number of halogens is 2. The van der Waals surface area contributed by atoms with Gasteiger partial charge in [-0.3, -0.25) is 4.79 Å². The lowest BCUT2D eigenvalue weighted by Crippen LogP contribution is -2.30. The SMILES string of the molecule is Cc1c(N2C[C@@H](N)C3(CC3)C2)c(F)cc2c(=O)c(C(=O)O)cn([C@@H]3CC3F)c12. The summed E-state index contributed by atoms with van der Waals surface area (Å²) in [4.78, 5) is 26.1. The van der Waals surface area contributed by atoms with Crippen molar-refractivity contribution in [2.24, 2.45) is 11.1 Å². The lowest BCUT2D eigenvalue weighted by atomic mass is 10.0. The number of aromatic carboxylic acids is 1. The third kappa shape index (κ3) is 2.33. The molecule has 2 saturated carbocycles. The summed E-state index contributed by atoms with van der Waals surface area (Å²) >= 11 is 0. The van der Waals surface area contributed by atoms with Crippen LogP contribution >= 0.6 is 0 Å². The van der Waals surface area contributed by atoms with Gasteiger partial charge in [0.2, 0.25) is 5.43 Å². The topological polar surface area (TPSA) is 88.6 Å². The van der Waals surface area contributed by atoms with Gasteiger partial charge in [0.25, 0.3) is 0 Å². The Hall–Kier alpha value is -2.48. The van der Waals surface area contributed by atoms with E-state index in [0.717, 1.165) is 18.9 Å². The summed E-state index contributed by atoms with van der Waals surface area (Å²) in [5, 5.41) is 9.33. The van der Waals surface area contributed by atoms with Gasteiger partial charge in [0.1, 0.15) is 17.6 Å². The first-order chi connectivity index (χ1) is 13.2. The Labute approximate surface area is 159 Å². The van der Waals surface area contributed by atoms with Crippen LogP contribution in [0, 0.1) is 18.2 Å². The molecule has 2 heterocycles. The van der Waals surface area contributed by atoms with Crippen LogP contribution in [0.5, 0.6) is 0 Å². The number of anilines is 1. The second kappa shape index (κ2) is 5.53. The fraction of sp³-hybridized carbons (Fsp3) is 0.500. The molecule has 1 aromatic carbocycles. The number of hydrogen-bond donors (Lipinski definition) is 2. The van der Waals surface area contributed by atoms with Gasteiger partial charge < -0.3 is 20.3 Å². The van der Waals surface area contributed by atoms with Gasteiger partial charge in [0.15, 0.2) is 0 Å². The van der Waals surface area contributed by atoms with Crippen molar-refractivity contribution in [1.82, 2.24) is 4.57 Å². The predicted molar refractivity (Wildman–Crippen MR) is 100 cm³/mol. The first-order valence-corrected chi connectivity index (χ1v) is 9.49. The van der Waals surface area contributed by atoms with E-state index >= 15 is 4.39 Å². The minimum Gasteiger partial charge on any atom is -0.477 e. The van der Waals surface area contributed by atoms with Crippen molar-refractivity contribution in [3.8, 4) is 0 Å². The number of hydrogen-bond acceptors (Lipinski definition) is 4. The summed E-state index contributed by atoms with van der Waals surface area (Å²) in [7, 11) is 0. The number of aryl methyl sites for hydroxylation is 1. The zero-order chi connectivity index (χ0) is 20.0. The van der Waals surface area contributed by atoms with Crippen molar-refractivity contribution in [3.05, 3.63) is 39.4 Å². The van der Waals surface area contributed by atoms with Crippen LogP contribution in [0.25, 0.3) is 10.9 Å². The molecule has 8 heteroatoms. The van der Waals surface area contributed by atoms with Gasteiger partial charge in [-0.1, -0.05) is 0 Å². The number of aromatic nitrogens is 1. The molecule has 0 radical (unpaired) electrons. The highest BCUT2D eigenvalue weighted by Crippen LogP contribution is 2.53. The zero-order valence-corrected chi connectivity index (χ0v) is 15.4. The van der Waals surface area contributed by atoms with Crippen molar-refractivity contribution >= 4 is 22.6 Å². The largest absolute Gasteiger partial charge is 0.477 e. The molecule has 2 aromatic rings. The molecule has 28 heavy (non-hydrogen) atoms. The summed E-state index contributed by atoms with van der Waals surface area (Å²) in [5.74, 6) is -1.98. The van der Waals surface area contributed by atoms with Gasteiger partial charge in [-0.25, -0.2) is 13.6 Å². The van der Waals surface area contributed by atoms with Crippen molar-refractivity contribution in [1.29, 1.82) is 0 Å². The highest BCUT2D eigenvalue weighted by molar-refractivity contribution is 5.95. The summed E-state index contributed by atoms with van der Waals surface area (Å²) < 4.78 is 30.5. The maximum atomic E-state index is 15.1. The van der Waals surface area contributed by atoms with Crippen LogP contribution in [0.2, 0.25) is 0 Å². The van der Waals surface area contributed by atoms with Crippen molar-refractivity contribution < 1.29 is 18.7 Å².